The predicted octanol–water partition coefficient (Wildman–Crippen LogP) is 4.16. The van der Waals surface area contributed by atoms with Crippen molar-refractivity contribution in [2.75, 3.05) is 0 Å². The minimum absolute atomic E-state index is 0.134. The standard InChI is InChI=1S/C15H21NOS/c1-8(2)11-7-16(6)15(17)12-10(5)13(9(3)4)18-14(11)12/h7-9H,1-6H3. The van der Waals surface area contributed by atoms with Gasteiger partial charge in [0.05, 0.1) is 5.39 Å². The van der Waals surface area contributed by atoms with Crippen molar-refractivity contribution in [1.82, 2.24) is 4.57 Å². The second-order valence-corrected chi connectivity index (χ2v) is 6.66. The molecular formula is C15H21NOS. The lowest BCUT2D eigenvalue weighted by Crippen LogP contribution is -2.17. The number of rotatable bonds is 2. The van der Waals surface area contributed by atoms with Crippen molar-refractivity contribution in [3.8, 4) is 0 Å². The number of hydrogen-bond acceptors (Lipinski definition) is 2. The first-order chi connectivity index (χ1) is 8.34. The van der Waals surface area contributed by atoms with Gasteiger partial charge in [-0.1, -0.05) is 27.7 Å². The molecule has 0 fully saturated rings. The summed E-state index contributed by atoms with van der Waals surface area (Å²) in [4.78, 5) is 13.7. The van der Waals surface area contributed by atoms with E-state index in [2.05, 4.69) is 34.6 Å². The van der Waals surface area contributed by atoms with Crippen LogP contribution in [0.25, 0.3) is 10.1 Å². The smallest absolute Gasteiger partial charge is 0.259 e. The van der Waals surface area contributed by atoms with E-state index >= 15 is 0 Å². The van der Waals surface area contributed by atoms with Crippen LogP contribution >= 0.6 is 11.3 Å². The summed E-state index contributed by atoms with van der Waals surface area (Å²) >= 11 is 1.80. The summed E-state index contributed by atoms with van der Waals surface area (Å²) in [6, 6.07) is 0. The van der Waals surface area contributed by atoms with E-state index in [9.17, 15) is 4.79 Å². The molecule has 2 aromatic rings. The first kappa shape index (κ1) is 13.3. The van der Waals surface area contributed by atoms with E-state index in [-0.39, 0.29) is 5.56 Å². The Morgan fingerprint density at radius 2 is 1.78 bits per heavy atom. The molecule has 0 bridgehead atoms. The Morgan fingerprint density at radius 1 is 1.17 bits per heavy atom. The van der Waals surface area contributed by atoms with Gasteiger partial charge in [0.25, 0.3) is 5.56 Å². The third-order valence-electron chi connectivity index (χ3n) is 3.46. The van der Waals surface area contributed by atoms with Crippen LogP contribution < -0.4 is 5.56 Å². The van der Waals surface area contributed by atoms with Crippen LogP contribution in [0, 0.1) is 6.92 Å². The van der Waals surface area contributed by atoms with Crippen LogP contribution in [-0.4, -0.2) is 4.57 Å². The molecule has 2 heterocycles. The largest absolute Gasteiger partial charge is 0.318 e. The highest BCUT2D eigenvalue weighted by Crippen LogP contribution is 2.37. The van der Waals surface area contributed by atoms with Crippen LogP contribution in [-0.2, 0) is 7.05 Å². The number of pyridine rings is 1. The first-order valence-corrected chi connectivity index (χ1v) is 7.28. The fraction of sp³-hybridized carbons (Fsp3) is 0.533. The molecule has 0 spiro atoms. The molecule has 0 saturated carbocycles. The molecule has 98 valence electrons. The third-order valence-corrected chi connectivity index (χ3v) is 5.10. The quantitative estimate of drug-likeness (QED) is 0.797. The van der Waals surface area contributed by atoms with E-state index in [1.807, 2.05) is 13.2 Å². The fourth-order valence-electron chi connectivity index (χ4n) is 2.46. The van der Waals surface area contributed by atoms with Crippen molar-refractivity contribution < 1.29 is 0 Å². The molecule has 2 nitrogen and oxygen atoms in total. The average Bonchev–Trinajstić information content (AvgIpc) is 2.61. The van der Waals surface area contributed by atoms with E-state index in [0.717, 1.165) is 5.39 Å². The van der Waals surface area contributed by atoms with Gasteiger partial charge in [-0.15, -0.1) is 11.3 Å². The molecule has 3 heteroatoms. The minimum atomic E-state index is 0.134. The van der Waals surface area contributed by atoms with E-state index < -0.39 is 0 Å². The van der Waals surface area contributed by atoms with Gasteiger partial charge < -0.3 is 4.57 Å². The van der Waals surface area contributed by atoms with E-state index in [0.29, 0.717) is 11.8 Å². The van der Waals surface area contributed by atoms with Crippen molar-refractivity contribution in [1.29, 1.82) is 0 Å². The Labute approximate surface area is 112 Å². The van der Waals surface area contributed by atoms with Crippen molar-refractivity contribution in [2.24, 2.45) is 7.05 Å². The van der Waals surface area contributed by atoms with Crippen molar-refractivity contribution in [2.45, 2.75) is 46.5 Å². The zero-order valence-corrected chi connectivity index (χ0v) is 12.8. The van der Waals surface area contributed by atoms with Crippen LogP contribution in [0.3, 0.4) is 0 Å². The molecule has 18 heavy (non-hydrogen) atoms. The van der Waals surface area contributed by atoms with Crippen LogP contribution in [0.15, 0.2) is 11.0 Å². The second-order valence-electron chi connectivity index (χ2n) is 5.61. The molecule has 0 amide bonds. The molecule has 0 aromatic carbocycles. The average molecular weight is 263 g/mol. The van der Waals surface area contributed by atoms with Gasteiger partial charge in [0.15, 0.2) is 0 Å². The highest BCUT2D eigenvalue weighted by molar-refractivity contribution is 7.19. The molecule has 0 atom stereocenters. The predicted molar refractivity (Wildman–Crippen MR) is 80.0 cm³/mol. The van der Waals surface area contributed by atoms with Gasteiger partial charge >= 0.3 is 0 Å². The van der Waals surface area contributed by atoms with Gasteiger partial charge in [-0.25, -0.2) is 0 Å². The highest BCUT2D eigenvalue weighted by Gasteiger charge is 2.18. The summed E-state index contributed by atoms with van der Waals surface area (Å²) in [7, 11) is 1.85. The van der Waals surface area contributed by atoms with Gasteiger partial charge in [0.2, 0.25) is 0 Å². The monoisotopic (exact) mass is 263 g/mol. The van der Waals surface area contributed by atoms with Gasteiger partial charge in [0, 0.05) is 22.8 Å². The molecule has 0 saturated heterocycles. The van der Waals surface area contributed by atoms with Gasteiger partial charge in [-0.3, -0.25) is 4.79 Å². The molecule has 0 aliphatic heterocycles. The molecule has 2 rings (SSSR count). The Hall–Kier alpha value is -1.09. The van der Waals surface area contributed by atoms with Gasteiger partial charge in [-0.2, -0.15) is 0 Å². The van der Waals surface area contributed by atoms with Crippen LogP contribution in [0.5, 0.6) is 0 Å². The SMILES string of the molecule is Cc1c(C(C)C)sc2c(C(C)C)cn(C)c(=O)c12. The van der Waals surface area contributed by atoms with E-state index in [1.54, 1.807) is 15.9 Å². The number of aromatic nitrogens is 1. The fourth-order valence-corrected chi connectivity index (χ4v) is 3.92. The highest BCUT2D eigenvalue weighted by atomic mass is 32.1. The Bertz CT molecular complexity index is 647. The second kappa shape index (κ2) is 4.54. The van der Waals surface area contributed by atoms with Gasteiger partial charge in [-0.05, 0) is 29.9 Å². The van der Waals surface area contributed by atoms with Crippen LogP contribution in [0.2, 0.25) is 0 Å². The lowest BCUT2D eigenvalue weighted by Gasteiger charge is -2.09. The number of thiophene rings is 1. The zero-order chi connectivity index (χ0) is 13.6. The van der Waals surface area contributed by atoms with Crippen LogP contribution in [0.1, 0.15) is 55.5 Å². The molecule has 0 radical (unpaired) electrons. The maximum absolute atomic E-state index is 12.3. The Morgan fingerprint density at radius 3 is 2.28 bits per heavy atom. The minimum Gasteiger partial charge on any atom is -0.318 e. The number of fused-ring (bicyclic) bond motifs is 1. The summed E-state index contributed by atoms with van der Waals surface area (Å²) in [5.41, 5.74) is 2.59. The number of nitrogens with zero attached hydrogens (tertiary/aromatic N) is 1. The molecule has 2 aromatic heterocycles. The normalized spacial score (nSPS) is 12.0. The molecule has 0 aliphatic carbocycles. The summed E-state index contributed by atoms with van der Waals surface area (Å²) in [5, 5.41) is 0.928. The van der Waals surface area contributed by atoms with E-state index in [4.69, 9.17) is 0 Å². The lowest BCUT2D eigenvalue weighted by molar-refractivity contribution is 0.811. The summed E-state index contributed by atoms with van der Waals surface area (Å²) in [6.07, 6.45) is 2.00. The van der Waals surface area contributed by atoms with Crippen molar-refractivity contribution in [3.63, 3.8) is 0 Å². The first-order valence-electron chi connectivity index (χ1n) is 6.47. The number of hydrogen-bond donors (Lipinski definition) is 0. The molecule has 0 unspecified atom stereocenters. The lowest BCUT2D eigenvalue weighted by atomic mass is 10.0. The van der Waals surface area contributed by atoms with Gasteiger partial charge in [0.1, 0.15) is 0 Å². The summed E-state index contributed by atoms with van der Waals surface area (Å²) < 4.78 is 2.91. The molecule has 0 N–H and O–H groups in total. The molecular weight excluding hydrogens is 242 g/mol. The maximum Gasteiger partial charge on any atom is 0.259 e. The zero-order valence-electron chi connectivity index (χ0n) is 12.0. The third kappa shape index (κ3) is 1.91. The topological polar surface area (TPSA) is 22.0 Å². The Kier molecular flexibility index (Phi) is 3.37. The number of aryl methyl sites for hydroxylation is 2. The molecule has 0 aliphatic rings. The van der Waals surface area contributed by atoms with E-state index in [1.165, 1.54) is 20.7 Å². The summed E-state index contributed by atoms with van der Waals surface area (Å²) in [5.74, 6) is 0.921. The summed E-state index contributed by atoms with van der Waals surface area (Å²) in [6.45, 7) is 10.8. The maximum atomic E-state index is 12.3. The van der Waals surface area contributed by atoms with Crippen molar-refractivity contribution in [3.05, 3.63) is 32.6 Å². The Balaban J connectivity index is 2.95. The van der Waals surface area contributed by atoms with Crippen molar-refractivity contribution >= 4 is 21.4 Å². The van der Waals surface area contributed by atoms with Crippen LogP contribution in [0.4, 0.5) is 0 Å².